The summed E-state index contributed by atoms with van der Waals surface area (Å²) in [6.45, 7) is 5.10. The third-order valence-corrected chi connectivity index (χ3v) is 21.1. The Labute approximate surface area is 399 Å². The van der Waals surface area contributed by atoms with E-state index in [0.717, 1.165) is 38.5 Å². The molecular weight excluding hydrogens is 825 g/mol. The van der Waals surface area contributed by atoms with Crippen molar-refractivity contribution in [3.63, 3.8) is 0 Å². The monoisotopic (exact) mass is 897 g/mol. The average Bonchev–Trinajstić information content (AvgIpc) is 4.05. The summed E-state index contributed by atoms with van der Waals surface area (Å²) < 4.78 is 14.6. The van der Waals surface area contributed by atoms with E-state index >= 15 is 0 Å². The van der Waals surface area contributed by atoms with Crippen LogP contribution in [0, 0.1) is 27.9 Å². The maximum absolute atomic E-state index is 12.9. The zero-order chi connectivity index (χ0) is 45.8. The standard InChI is InChI=1S/C30H36N2O2.C30H36N2O/c1-28-12-10-24-17-23-6-7-25(32(2,3)33)18-29(23)13-14-30(24,34-29)27(28)9-8-26(28)21-5-4-20-11-15-31-19-22(20)16-21;1-28-12-10-24-17-23-6-7-25(32(2)3)18-29(23)13-14-30(24,33-29)27(28)9-8-26(28)21-5-4-20-11-15-31-19-22(20)16-21/h4-5,10-11,15-17,19,25-27H,6-9,12-14,18H2,1-3H3;4-5,10-11,15-17,19,25-27H,6-9,12-14,18H2,1-3H3/t2*25-,26+,27+,28+,29+,30?/m00/s1. The van der Waals surface area contributed by atoms with E-state index in [1.54, 1.807) is 5.57 Å². The molecule has 7 heteroatoms. The molecule has 2 aromatic carbocycles. The molecule has 6 aliphatic carbocycles. The number of hydrogen-bond donors (Lipinski definition) is 0. The molecule has 4 aromatic rings. The van der Waals surface area contributed by atoms with Gasteiger partial charge in [-0.1, -0.05) is 62.4 Å². The summed E-state index contributed by atoms with van der Waals surface area (Å²) in [5.41, 5.74) is 9.03. The van der Waals surface area contributed by atoms with Crippen LogP contribution in [0.25, 0.3) is 21.5 Å². The van der Waals surface area contributed by atoms with E-state index in [4.69, 9.17) is 9.47 Å². The van der Waals surface area contributed by atoms with Crippen LogP contribution in [0.1, 0.15) is 140 Å². The van der Waals surface area contributed by atoms with Gasteiger partial charge in [0.15, 0.2) is 0 Å². The van der Waals surface area contributed by atoms with Crippen molar-refractivity contribution in [2.75, 3.05) is 28.2 Å². The molecule has 2 saturated heterocycles. The van der Waals surface area contributed by atoms with Crippen LogP contribution in [0.15, 0.2) is 120 Å². The lowest BCUT2D eigenvalue weighted by Gasteiger charge is -2.55. The Kier molecular flexibility index (Phi) is 9.50. The van der Waals surface area contributed by atoms with Gasteiger partial charge in [-0.15, -0.1) is 0 Å². The largest absolute Gasteiger partial charge is 0.633 e. The molecule has 2 aromatic heterocycles. The summed E-state index contributed by atoms with van der Waals surface area (Å²) in [6.07, 6.45) is 36.4. The van der Waals surface area contributed by atoms with Gasteiger partial charge in [0.25, 0.3) is 0 Å². The molecule has 4 saturated carbocycles. The highest BCUT2D eigenvalue weighted by atomic mass is 16.6. The predicted octanol–water partition coefficient (Wildman–Crippen LogP) is 12.8. The van der Waals surface area contributed by atoms with E-state index in [2.05, 4.69) is 116 Å². The number of allylic oxidation sites excluding steroid dienone is 2. The number of ether oxygens (including phenoxy) is 2. The number of fused-ring (bicyclic) bond motifs is 4. The molecule has 0 radical (unpaired) electrons. The minimum absolute atomic E-state index is 0.00448. The molecule has 4 spiro atoms. The first-order chi connectivity index (χ1) is 32.2. The molecule has 67 heavy (non-hydrogen) atoms. The third-order valence-electron chi connectivity index (χ3n) is 21.1. The number of nitrogens with zero attached hydrogens (tertiary/aromatic N) is 4. The highest BCUT2D eigenvalue weighted by molar-refractivity contribution is 5.83. The van der Waals surface area contributed by atoms with E-state index in [0.29, 0.717) is 29.7 Å². The summed E-state index contributed by atoms with van der Waals surface area (Å²) in [7, 11) is 8.11. The lowest BCUT2D eigenvalue weighted by Crippen LogP contribution is -2.56. The second-order valence-electron chi connectivity index (χ2n) is 24.6. The summed E-state index contributed by atoms with van der Waals surface area (Å²) in [5, 5.41) is 17.9. The Morgan fingerprint density at radius 3 is 1.63 bits per heavy atom. The van der Waals surface area contributed by atoms with Crippen molar-refractivity contribution in [3.8, 4) is 0 Å². The van der Waals surface area contributed by atoms with E-state index < -0.39 is 0 Å². The maximum atomic E-state index is 12.9. The Balaban J connectivity index is 0.000000133. The van der Waals surface area contributed by atoms with Gasteiger partial charge in [0.05, 0.1) is 42.5 Å². The predicted molar refractivity (Wildman–Crippen MR) is 268 cm³/mol. The molecule has 6 heterocycles. The Hall–Kier alpha value is -3.98. The lowest BCUT2D eigenvalue weighted by atomic mass is 9.58. The van der Waals surface area contributed by atoms with E-state index in [9.17, 15) is 5.21 Å². The van der Waals surface area contributed by atoms with E-state index in [1.165, 1.54) is 114 Å². The SMILES string of the molecule is CN(C)[C@H]1CCC2=CC3=CC[C@]4(C)[C@@H](c5ccc6ccncc6c5)CC[C@H]4C34CC[C@]2(C1)O4.C[C@]12CC=C3C=C4CC[C@H]([N+](C)(C)[O-])C[C@]45CCC3(O5)[C@@H]1CC[C@@H]2c1ccc2ccncc2c1. The molecule has 7 nitrogen and oxygen atoms in total. The fourth-order valence-corrected chi connectivity index (χ4v) is 17.5. The Morgan fingerprint density at radius 1 is 0.612 bits per heavy atom. The van der Waals surface area contributed by atoms with Crippen LogP contribution >= 0.6 is 0 Å². The molecule has 0 amide bonds. The summed E-state index contributed by atoms with van der Waals surface area (Å²) >= 11 is 0. The summed E-state index contributed by atoms with van der Waals surface area (Å²) in [6, 6.07) is 19.1. The van der Waals surface area contributed by atoms with Crippen LogP contribution in [0.4, 0.5) is 0 Å². The van der Waals surface area contributed by atoms with Gasteiger partial charge in [0, 0.05) is 54.4 Å². The second kappa shape index (κ2) is 14.8. The smallest absolute Gasteiger partial charge is 0.0975 e. The van der Waals surface area contributed by atoms with Gasteiger partial charge in [0.2, 0.25) is 0 Å². The fraction of sp³-hybridized carbons (Fsp3) is 0.567. The Bertz CT molecular complexity index is 2820. The van der Waals surface area contributed by atoms with Crippen LogP contribution in [-0.2, 0) is 9.47 Å². The van der Waals surface area contributed by atoms with Gasteiger partial charge in [-0.05, 0) is 207 Å². The molecule has 10 aliphatic rings. The normalized spacial score (nSPS) is 41.1. The summed E-state index contributed by atoms with van der Waals surface area (Å²) in [5.74, 6) is 2.26. The second-order valence-corrected chi connectivity index (χ2v) is 24.6. The number of hydroxylamine groups is 3. The number of pyridine rings is 2. The topological polar surface area (TPSA) is 70.5 Å². The van der Waals surface area contributed by atoms with Gasteiger partial charge in [0.1, 0.15) is 0 Å². The highest BCUT2D eigenvalue weighted by Gasteiger charge is 2.68. The first kappa shape index (κ1) is 43.1. The zero-order valence-corrected chi connectivity index (χ0v) is 41.0. The number of aromatic nitrogens is 2. The van der Waals surface area contributed by atoms with Crippen molar-refractivity contribution in [2.45, 2.75) is 163 Å². The van der Waals surface area contributed by atoms with Crippen LogP contribution < -0.4 is 0 Å². The molecule has 350 valence electrons. The van der Waals surface area contributed by atoms with Gasteiger partial charge < -0.3 is 24.2 Å². The highest BCUT2D eigenvalue weighted by Crippen LogP contribution is 2.71. The molecule has 0 N–H and O–H groups in total. The van der Waals surface area contributed by atoms with Crippen molar-refractivity contribution < 1.29 is 14.1 Å². The minimum atomic E-state index is -0.203. The molecular formula is C60H72N4O3. The molecule has 6 fully saturated rings. The average molecular weight is 897 g/mol. The van der Waals surface area contributed by atoms with Crippen molar-refractivity contribution in [1.29, 1.82) is 0 Å². The van der Waals surface area contributed by atoms with E-state index in [-0.39, 0.29) is 43.9 Å². The molecule has 4 aliphatic heterocycles. The van der Waals surface area contributed by atoms with Crippen LogP contribution in [0.5, 0.6) is 0 Å². The summed E-state index contributed by atoms with van der Waals surface area (Å²) in [4.78, 5) is 11.2. The van der Waals surface area contributed by atoms with Crippen LogP contribution in [0.2, 0.25) is 0 Å². The molecule has 12 atom stereocenters. The first-order valence-corrected chi connectivity index (χ1v) is 26.3. The number of benzene rings is 2. The molecule has 14 rings (SSSR count). The quantitative estimate of drug-likeness (QED) is 0.150. The molecule has 4 bridgehead atoms. The van der Waals surface area contributed by atoms with Crippen LogP contribution in [-0.4, -0.2) is 82.2 Å². The van der Waals surface area contributed by atoms with Gasteiger partial charge in [-0.2, -0.15) is 0 Å². The minimum Gasteiger partial charge on any atom is -0.633 e. The first-order valence-electron chi connectivity index (χ1n) is 26.3. The van der Waals surface area contributed by atoms with Gasteiger partial charge in [-0.3, -0.25) is 9.97 Å². The van der Waals surface area contributed by atoms with Crippen molar-refractivity contribution in [1.82, 2.24) is 14.9 Å². The number of hydrogen-bond acceptors (Lipinski definition) is 6. The third kappa shape index (κ3) is 6.19. The van der Waals surface area contributed by atoms with Gasteiger partial charge in [-0.25, -0.2) is 0 Å². The van der Waals surface area contributed by atoms with Gasteiger partial charge >= 0.3 is 0 Å². The fourth-order valence-electron chi connectivity index (χ4n) is 17.5. The van der Waals surface area contributed by atoms with E-state index in [1.807, 2.05) is 38.9 Å². The van der Waals surface area contributed by atoms with Crippen molar-refractivity contribution in [3.05, 3.63) is 136 Å². The zero-order valence-electron chi connectivity index (χ0n) is 41.0. The van der Waals surface area contributed by atoms with Crippen LogP contribution in [0.3, 0.4) is 0 Å². The molecule has 2 unspecified atom stereocenters. The Morgan fingerprint density at radius 2 is 1.12 bits per heavy atom. The van der Waals surface area contributed by atoms with Crippen molar-refractivity contribution in [2.24, 2.45) is 22.7 Å². The maximum Gasteiger partial charge on any atom is 0.0975 e. The lowest BCUT2D eigenvalue weighted by molar-refractivity contribution is -0.869. The van der Waals surface area contributed by atoms with Crippen molar-refractivity contribution >= 4 is 21.5 Å². The number of rotatable bonds is 4. The number of quaternary nitrogens is 1.